The standard InChI is InChI=1S/C15H23NO/c1-3-5-6-13(4-2)10-16-12-15(7-8-15)9-14(16)11-17/h3-6,14,17H,2,7-12H2,1H3/b5-3-,13-6+/t14-/m0/s1. The Bertz CT molecular complexity index is 339. The summed E-state index contributed by atoms with van der Waals surface area (Å²) < 4.78 is 0. The van der Waals surface area contributed by atoms with E-state index in [0.717, 1.165) is 13.1 Å². The Hall–Kier alpha value is -0.860. The van der Waals surface area contributed by atoms with Gasteiger partial charge in [0.05, 0.1) is 6.61 Å². The second kappa shape index (κ2) is 5.19. The average molecular weight is 233 g/mol. The summed E-state index contributed by atoms with van der Waals surface area (Å²) in [6, 6.07) is 0.353. The molecule has 1 atom stereocenters. The lowest BCUT2D eigenvalue weighted by Gasteiger charge is -2.22. The van der Waals surface area contributed by atoms with Crippen LogP contribution in [-0.4, -0.2) is 35.7 Å². The van der Waals surface area contributed by atoms with Crippen molar-refractivity contribution in [3.63, 3.8) is 0 Å². The maximum atomic E-state index is 9.46. The van der Waals surface area contributed by atoms with Crippen LogP contribution in [0.3, 0.4) is 0 Å². The SMILES string of the molecule is C=C/C(=C\C=C/C)CN1CC2(CC2)C[C@H]1CO. The molecule has 1 spiro atoms. The highest BCUT2D eigenvalue weighted by molar-refractivity contribution is 5.24. The Balaban J connectivity index is 1.99. The summed E-state index contributed by atoms with van der Waals surface area (Å²) in [5.74, 6) is 0. The van der Waals surface area contributed by atoms with Crippen molar-refractivity contribution in [3.05, 3.63) is 36.5 Å². The fourth-order valence-corrected chi connectivity index (χ4v) is 2.80. The molecule has 2 fully saturated rings. The van der Waals surface area contributed by atoms with E-state index in [1.807, 2.05) is 25.2 Å². The highest BCUT2D eigenvalue weighted by Gasteiger charge is 2.51. The number of nitrogens with zero attached hydrogens (tertiary/aromatic N) is 1. The zero-order valence-electron chi connectivity index (χ0n) is 10.7. The van der Waals surface area contributed by atoms with E-state index in [9.17, 15) is 5.11 Å². The lowest BCUT2D eigenvalue weighted by molar-refractivity contribution is 0.168. The Morgan fingerprint density at radius 2 is 2.29 bits per heavy atom. The molecule has 0 amide bonds. The minimum atomic E-state index is 0.287. The van der Waals surface area contributed by atoms with Gasteiger partial charge in [0, 0.05) is 19.1 Å². The van der Waals surface area contributed by atoms with Gasteiger partial charge in [-0.1, -0.05) is 30.9 Å². The normalized spacial score (nSPS) is 28.1. The topological polar surface area (TPSA) is 23.5 Å². The Kier molecular flexibility index (Phi) is 3.85. The third-order valence-corrected chi connectivity index (χ3v) is 4.04. The Labute approximate surface area is 104 Å². The molecule has 0 unspecified atom stereocenters. The summed E-state index contributed by atoms with van der Waals surface area (Å²) in [6.45, 7) is 8.24. The van der Waals surface area contributed by atoms with Gasteiger partial charge in [-0.05, 0) is 37.2 Å². The molecule has 0 aromatic carbocycles. The monoisotopic (exact) mass is 233 g/mol. The molecule has 1 heterocycles. The largest absolute Gasteiger partial charge is 0.395 e. The zero-order chi connectivity index (χ0) is 12.3. The van der Waals surface area contributed by atoms with E-state index in [-0.39, 0.29) is 6.61 Å². The first-order chi connectivity index (χ1) is 8.23. The van der Waals surface area contributed by atoms with Crippen LogP contribution < -0.4 is 0 Å². The predicted molar refractivity (Wildman–Crippen MR) is 71.8 cm³/mol. The van der Waals surface area contributed by atoms with Gasteiger partial charge in [0.1, 0.15) is 0 Å². The minimum Gasteiger partial charge on any atom is -0.395 e. The molecule has 17 heavy (non-hydrogen) atoms. The summed E-state index contributed by atoms with van der Waals surface area (Å²) in [6.07, 6.45) is 12.0. The fraction of sp³-hybridized carbons (Fsp3) is 0.600. The molecule has 1 saturated heterocycles. The van der Waals surface area contributed by atoms with Crippen LogP contribution in [0.5, 0.6) is 0 Å². The molecule has 94 valence electrons. The maximum Gasteiger partial charge on any atom is 0.0587 e. The Morgan fingerprint density at radius 3 is 2.82 bits per heavy atom. The summed E-state index contributed by atoms with van der Waals surface area (Å²) in [7, 11) is 0. The molecule has 2 nitrogen and oxygen atoms in total. The van der Waals surface area contributed by atoms with E-state index < -0.39 is 0 Å². The van der Waals surface area contributed by atoms with Crippen molar-refractivity contribution >= 4 is 0 Å². The number of rotatable bonds is 5. The summed E-state index contributed by atoms with van der Waals surface area (Å²) in [5, 5.41) is 9.46. The van der Waals surface area contributed by atoms with Crippen LogP contribution in [0.4, 0.5) is 0 Å². The van der Waals surface area contributed by atoms with Crippen molar-refractivity contribution < 1.29 is 5.11 Å². The van der Waals surface area contributed by atoms with Crippen LogP contribution in [-0.2, 0) is 0 Å². The molecule has 0 bridgehead atoms. The fourth-order valence-electron chi connectivity index (χ4n) is 2.80. The number of aliphatic hydroxyl groups is 1. The minimum absolute atomic E-state index is 0.287. The molecule has 0 radical (unpaired) electrons. The molecule has 1 aliphatic heterocycles. The van der Waals surface area contributed by atoms with Crippen LogP contribution in [0.15, 0.2) is 36.5 Å². The highest BCUT2D eigenvalue weighted by atomic mass is 16.3. The van der Waals surface area contributed by atoms with Crippen molar-refractivity contribution in [2.45, 2.75) is 32.2 Å². The van der Waals surface area contributed by atoms with E-state index in [2.05, 4.69) is 17.6 Å². The van der Waals surface area contributed by atoms with Gasteiger partial charge in [0.2, 0.25) is 0 Å². The van der Waals surface area contributed by atoms with Gasteiger partial charge in [-0.15, -0.1) is 0 Å². The summed E-state index contributed by atoms with van der Waals surface area (Å²) >= 11 is 0. The van der Waals surface area contributed by atoms with Crippen LogP contribution in [0.2, 0.25) is 0 Å². The molecule has 2 rings (SSSR count). The second-order valence-electron chi connectivity index (χ2n) is 5.42. The first-order valence-electron chi connectivity index (χ1n) is 6.52. The maximum absolute atomic E-state index is 9.46. The Morgan fingerprint density at radius 1 is 1.53 bits per heavy atom. The van der Waals surface area contributed by atoms with Crippen molar-refractivity contribution in [2.75, 3.05) is 19.7 Å². The van der Waals surface area contributed by atoms with E-state index in [4.69, 9.17) is 0 Å². The van der Waals surface area contributed by atoms with Crippen molar-refractivity contribution in [1.29, 1.82) is 0 Å². The molecular formula is C15H23NO. The van der Waals surface area contributed by atoms with Crippen molar-refractivity contribution in [2.24, 2.45) is 5.41 Å². The first-order valence-corrected chi connectivity index (χ1v) is 6.52. The molecule has 1 aliphatic carbocycles. The van der Waals surface area contributed by atoms with Gasteiger partial charge < -0.3 is 5.11 Å². The third-order valence-electron chi connectivity index (χ3n) is 4.04. The third kappa shape index (κ3) is 2.88. The molecule has 2 heteroatoms. The number of allylic oxidation sites excluding steroid dienone is 3. The molecule has 0 aromatic rings. The number of likely N-dealkylation sites (tertiary alicyclic amines) is 1. The number of aliphatic hydroxyl groups excluding tert-OH is 1. The number of hydrogen-bond donors (Lipinski definition) is 1. The smallest absolute Gasteiger partial charge is 0.0587 e. The van der Waals surface area contributed by atoms with Crippen molar-refractivity contribution in [1.82, 2.24) is 4.90 Å². The second-order valence-corrected chi connectivity index (χ2v) is 5.42. The van der Waals surface area contributed by atoms with E-state index in [1.54, 1.807) is 0 Å². The lowest BCUT2D eigenvalue weighted by atomic mass is 10.0. The predicted octanol–water partition coefficient (Wildman–Crippen LogP) is 2.52. The molecule has 1 N–H and O–H groups in total. The highest BCUT2D eigenvalue weighted by Crippen LogP contribution is 2.54. The van der Waals surface area contributed by atoms with Gasteiger partial charge in [-0.25, -0.2) is 0 Å². The first kappa shape index (κ1) is 12.6. The van der Waals surface area contributed by atoms with Crippen LogP contribution in [0.1, 0.15) is 26.2 Å². The van der Waals surface area contributed by atoms with Gasteiger partial charge >= 0.3 is 0 Å². The summed E-state index contributed by atoms with van der Waals surface area (Å²) in [4.78, 5) is 2.42. The van der Waals surface area contributed by atoms with E-state index in [1.165, 1.54) is 24.8 Å². The molecule has 0 aromatic heterocycles. The van der Waals surface area contributed by atoms with Gasteiger partial charge in [0.15, 0.2) is 0 Å². The average Bonchev–Trinajstić information content (AvgIpc) is 2.99. The molecule has 1 saturated carbocycles. The molecule has 2 aliphatic rings. The quantitative estimate of drug-likeness (QED) is 0.738. The number of hydrogen-bond acceptors (Lipinski definition) is 2. The zero-order valence-corrected chi connectivity index (χ0v) is 10.7. The lowest BCUT2D eigenvalue weighted by Crippen LogP contribution is -2.33. The van der Waals surface area contributed by atoms with Crippen molar-refractivity contribution in [3.8, 4) is 0 Å². The van der Waals surface area contributed by atoms with Gasteiger partial charge in [-0.3, -0.25) is 4.90 Å². The van der Waals surface area contributed by atoms with Gasteiger partial charge in [0.25, 0.3) is 0 Å². The van der Waals surface area contributed by atoms with E-state index in [0.29, 0.717) is 11.5 Å². The van der Waals surface area contributed by atoms with Gasteiger partial charge in [-0.2, -0.15) is 0 Å². The van der Waals surface area contributed by atoms with Crippen LogP contribution in [0.25, 0.3) is 0 Å². The van der Waals surface area contributed by atoms with E-state index >= 15 is 0 Å². The van der Waals surface area contributed by atoms with Crippen LogP contribution >= 0.6 is 0 Å². The summed E-state index contributed by atoms with van der Waals surface area (Å²) in [5.41, 5.74) is 1.79. The van der Waals surface area contributed by atoms with Crippen LogP contribution in [0, 0.1) is 5.41 Å². The molecular weight excluding hydrogens is 210 g/mol.